The van der Waals surface area contributed by atoms with Crippen LogP contribution in [0.2, 0.25) is 0 Å². The van der Waals surface area contributed by atoms with Crippen LogP contribution >= 0.6 is 0 Å². The van der Waals surface area contributed by atoms with Crippen LogP contribution in [0.3, 0.4) is 0 Å². The van der Waals surface area contributed by atoms with E-state index in [2.05, 4.69) is 25.8 Å². The van der Waals surface area contributed by atoms with Crippen LogP contribution in [0.5, 0.6) is 0 Å². The number of ether oxygens (including phenoxy) is 1. The van der Waals surface area contributed by atoms with Gasteiger partial charge in [-0.3, -0.25) is 9.89 Å². The van der Waals surface area contributed by atoms with E-state index in [4.69, 9.17) is 9.15 Å². The zero-order chi connectivity index (χ0) is 21.5. The van der Waals surface area contributed by atoms with E-state index in [1.807, 2.05) is 46.8 Å². The molecular formula is C21H37N5O3. The Labute approximate surface area is 174 Å². The monoisotopic (exact) mass is 407 g/mol. The van der Waals surface area contributed by atoms with Gasteiger partial charge in [-0.05, 0) is 72.7 Å². The second-order valence-electron chi connectivity index (χ2n) is 9.09. The lowest BCUT2D eigenvalue weighted by Crippen LogP contribution is -2.54. The van der Waals surface area contributed by atoms with Gasteiger partial charge in [0.1, 0.15) is 11.4 Å². The Hall–Kier alpha value is -2.22. The maximum absolute atomic E-state index is 12.1. The predicted octanol–water partition coefficient (Wildman–Crippen LogP) is 2.88. The molecule has 1 saturated heterocycles. The van der Waals surface area contributed by atoms with E-state index in [0.29, 0.717) is 19.0 Å². The summed E-state index contributed by atoms with van der Waals surface area (Å²) in [7, 11) is 1.74. The van der Waals surface area contributed by atoms with Gasteiger partial charge >= 0.3 is 6.09 Å². The Bertz CT molecular complexity index is 658. The van der Waals surface area contributed by atoms with Gasteiger partial charge in [-0.25, -0.2) is 4.79 Å². The number of carbonyl (C=O) groups is 1. The molecule has 164 valence electrons. The second-order valence-corrected chi connectivity index (χ2v) is 9.09. The first kappa shape index (κ1) is 23.1. The van der Waals surface area contributed by atoms with Crippen molar-refractivity contribution in [3.8, 4) is 0 Å². The molecule has 0 aromatic carbocycles. The molecule has 1 aromatic rings. The van der Waals surface area contributed by atoms with Gasteiger partial charge in [0.25, 0.3) is 0 Å². The number of alkyl carbamates (subject to hydrolysis) is 1. The van der Waals surface area contributed by atoms with Gasteiger partial charge < -0.3 is 25.1 Å². The van der Waals surface area contributed by atoms with Crippen LogP contribution in [0.15, 0.2) is 27.8 Å². The molecule has 2 heterocycles. The third kappa shape index (κ3) is 7.97. The van der Waals surface area contributed by atoms with E-state index in [9.17, 15) is 4.79 Å². The molecule has 29 heavy (non-hydrogen) atoms. The highest BCUT2D eigenvalue weighted by Crippen LogP contribution is 2.24. The molecule has 8 nitrogen and oxygen atoms in total. The van der Waals surface area contributed by atoms with Crippen LogP contribution in [0.4, 0.5) is 4.79 Å². The first-order valence-electron chi connectivity index (χ1n) is 10.3. The lowest BCUT2D eigenvalue weighted by atomic mass is 10.1. The normalized spacial score (nSPS) is 17.1. The van der Waals surface area contributed by atoms with Crippen LogP contribution in [0.1, 0.15) is 59.3 Å². The number of carbonyl (C=O) groups excluding carboxylic acids is 1. The summed E-state index contributed by atoms with van der Waals surface area (Å²) in [4.78, 5) is 18.8. The minimum atomic E-state index is -0.526. The molecule has 1 fully saturated rings. The van der Waals surface area contributed by atoms with Crippen LogP contribution in [-0.2, 0) is 4.74 Å². The largest absolute Gasteiger partial charge is 0.468 e. The zero-order valence-electron chi connectivity index (χ0n) is 18.7. The van der Waals surface area contributed by atoms with Gasteiger partial charge in [-0.1, -0.05) is 0 Å². The van der Waals surface area contributed by atoms with Crippen LogP contribution < -0.4 is 16.0 Å². The summed E-state index contributed by atoms with van der Waals surface area (Å²) >= 11 is 0. The standard InChI is InChI=1S/C21H37N5O3/c1-20(2,3)29-19(27)25-21(4,5)15-24-18(22-6)23-14-16(17-10-9-13-28-17)26-11-7-8-12-26/h9-10,13,16H,7-8,11-12,14-15H2,1-6H3,(H,25,27)(H2,22,23,24). The quantitative estimate of drug-likeness (QED) is 0.476. The Morgan fingerprint density at radius 2 is 1.93 bits per heavy atom. The second kappa shape index (κ2) is 10.0. The summed E-state index contributed by atoms with van der Waals surface area (Å²) in [6, 6.07) is 4.12. The summed E-state index contributed by atoms with van der Waals surface area (Å²) in [6.45, 7) is 12.8. The van der Waals surface area contributed by atoms with Crippen molar-refractivity contribution in [1.29, 1.82) is 0 Å². The van der Waals surface area contributed by atoms with Crippen LogP contribution in [0.25, 0.3) is 0 Å². The minimum Gasteiger partial charge on any atom is -0.468 e. The Balaban J connectivity index is 1.86. The zero-order valence-corrected chi connectivity index (χ0v) is 18.7. The molecule has 1 aliphatic heterocycles. The molecule has 1 amide bonds. The lowest BCUT2D eigenvalue weighted by molar-refractivity contribution is 0.0474. The summed E-state index contributed by atoms with van der Waals surface area (Å²) < 4.78 is 11.0. The third-order valence-corrected chi connectivity index (χ3v) is 4.68. The predicted molar refractivity (Wildman–Crippen MR) is 115 cm³/mol. The highest BCUT2D eigenvalue weighted by atomic mass is 16.6. The molecule has 1 atom stereocenters. The molecule has 0 saturated carbocycles. The van der Waals surface area contributed by atoms with Crippen LogP contribution in [-0.4, -0.2) is 61.3 Å². The van der Waals surface area contributed by atoms with Crippen molar-refractivity contribution in [2.45, 2.75) is 64.6 Å². The van der Waals surface area contributed by atoms with Crippen LogP contribution in [0, 0.1) is 0 Å². The highest BCUT2D eigenvalue weighted by molar-refractivity contribution is 5.80. The Kier molecular flexibility index (Phi) is 7.96. The van der Waals surface area contributed by atoms with Crippen molar-refractivity contribution in [1.82, 2.24) is 20.9 Å². The van der Waals surface area contributed by atoms with Crippen molar-refractivity contribution >= 4 is 12.1 Å². The lowest BCUT2D eigenvalue weighted by Gasteiger charge is -2.30. The first-order chi connectivity index (χ1) is 13.6. The van der Waals surface area contributed by atoms with E-state index in [1.54, 1.807) is 13.3 Å². The number of guanidine groups is 1. The number of furan rings is 1. The summed E-state index contributed by atoms with van der Waals surface area (Å²) in [5.41, 5.74) is -1.03. The number of hydrogen-bond donors (Lipinski definition) is 3. The number of aliphatic imine (C=N–C) groups is 1. The first-order valence-corrected chi connectivity index (χ1v) is 10.3. The van der Waals surface area contributed by atoms with E-state index in [0.717, 1.165) is 18.8 Å². The average Bonchev–Trinajstić information content (AvgIpc) is 3.29. The third-order valence-electron chi connectivity index (χ3n) is 4.68. The fourth-order valence-electron chi connectivity index (χ4n) is 3.29. The summed E-state index contributed by atoms with van der Waals surface area (Å²) in [5.74, 6) is 1.64. The number of amides is 1. The van der Waals surface area contributed by atoms with Gasteiger partial charge in [0.15, 0.2) is 5.96 Å². The topological polar surface area (TPSA) is 91.1 Å². The molecule has 0 aliphatic carbocycles. The minimum absolute atomic E-state index is 0.166. The van der Waals surface area contributed by atoms with Gasteiger partial charge in [-0.2, -0.15) is 0 Å². The fraction of sp³-hybridized carbons (Fsp3) is 0.714. The molecule has 1 unspecified atom stereocenters. The van der Waals surface area contributed by atoms with Crippen molar-refractivity contribution in [3.05, 3.63) is 24.2 Å². The van der Waals surface area contributed by atoms with E-state index in [1.165, 1.54) is 12.8 Å². The number of rotatable bonds is 7. The highest BCUT2D eigenvalue weighted by Gasteiger charge is 2.27. The number of nitrogens with zero attached hydrogens (tertiary/aromatic N) is 2. The Morgan fingerprint density at radius 1 is 1.24 bits per heavy atom. The van der Waals surface area contributed by atoms with Crippen molar-refractivity contribution < 1.29 is 13.9 Å². The molecule has 0 spiro atoms. The Morgan fingerprint density at radius 3 is 2.48 bits per heavy atom. The summed E-state index contributed by atoms with van der Waals surface area (Å²) in [5, 5.41) is 9.58. The molecule has 1 aromatic heterocycles. The maximum Gasteiger partial charge on any atom is 0.408 e. The molecule has 2 rings (SSSR count). The van der Waals surface area contributed by atoms with Gasteiger partial charge in [0, 0.05) is 20.1 Å². The van der Waals surface area contributed by atoms with Gasteiger partial charge in [-0.15, -0.1) is 0 Å². The molecule has 0 radical (unpaired) electrons. The number of hydrogen-bond acceptors (Lipinski definition) is 5. The van der Waals surface area contributed by atoms with Gasteiger partial charge in [0.05, 0.1) is 17.8 Å². The van der Waals surface area contributed by atoms with Gasteiger partial charge in [0.2, 0.25) is 0 Å². The van der Waals surface area contributed by atoms with Crippen molar-refractivity contribution in [2.24, 2.45) is 4.99 Å². The fourth-order valence-corrected chi connectivity index (χ4v) is 3.29. The van der Waals surface area contributed by atoms with E-state index >= 15 is 0 Å². The molecule has 1 aliphatic rings. The molecule has 0 bridgehead atoms. The van der Waals surface area contributed by atoms with E-state index < -0.39 is 17.2 Å². The maximum atomic E-state index is 12.1. The van der Waals surface area contributed by atoms with Crippen molar-refractivity contribution in [3.63, 3.8) is 0 Å². The number of likely N-dealkylation sites (tertiary alicyclic amines) is 1. The van der Waals surface area contributed by atoms with Crippen molar-refractivity contribution in [2.75, 3.05) is 33.2 Å². The molecule has 3 N–H and O–H groups in total. The number of nitrogens with one attached hydrogen (secondary N) is 3. The SMILES string of the molecule is CN=C(NCC(c1ccco1)N1CCCC1)NCC(C)(C)NC(=O)OC(C)(C)C. The molecule has 8 heteroatoms. The summed E-state index contributed by atoms with van der Waals surface area (Å²) in [6.07, 6.45) is 3.72. The van der Waals surface area contributed by atoms with E-state index in [-0.39, 0.29) is 6.04 Å². The molecular weight excluding hydrogens is 370 g/mol. The smallest absolute Gasteiger partial charge is 0.408 e. The average molecular weight is 408 g/mol.